The number of carboxylic acids is 1. The predicted molar refractivity (Wildman–Crippen MR) is 66.0 cm³/mol. The number of nitrogen functional groups attached to an aromatic ring is 1. The molecule has 0 fully saturated rings. The Kier molecular flexibility index (Phi) is 2.86. The fourth-order valence-corrected chi connectivity index (χ4v) is 2.99. The minimum absolute atomic E-state index is 0.252. The fourth-order valence-electron chi connectivity index (χ4n) is 1.50. The Morgan fingerprint density at radius 3 is 2.71 bits per heavy atom. The van der Waals surface area contributed by atoms with Gasteiger partial charge in [-0.25, -0.2) is 14.8 Å². The van der Waals surface area contributed by atoms with Gasteiger partial charge in [-0.1, -0.05) is 0 Å². The number of thiazole rings is 2. The zero-order chi connectivity index (χ0) is 12.6. The number of hydrogen-bond donors (Lipinski definition) is 3. The second-order valence-electron chi connectivity index (χ2n) is 3.41. The zero-order valence-corrected chi connectivity index (χ0v) is 10.5. The zero-order valence-electron chi connectivity index (χ0n) is 8.88. The molecule has 17 heavy (non-hydrogen) atoms. The van der Waals surface area contributed by atoms with Crippen molar-refractivity contribution in [3.8, 4) is 0 Å². The molecule has 0 aromatic carbocycles. The quantitative estimate of drug-likeness (QED) is 0.759. The van der Waals surface area contributed by atoms with E-state index >= 15 is 0 Å². The van der Waals surface area contributed by atoms with Crippen molar-refractivity contribution in [2.75, 3.05) is 5.73 Å². The van der Waals surface area contributed by atoms with Gasteiger partial charge in [-0.2, -0.15) is 0 Å². The summed E-state index contributed by atoms with van der Waals surface area (Å²) >= 11 is 2.39. The molecule has 0 radical (unpaired) electrons. The number of nitrogens with zero attached hydrogens (tertiary/aromatic N) is 2. The molecule has 8 heteroatoms. The minimum atomic E-state index is -1.73. The Hall–Kier alpha value is -1.51. The first-order valence-electron chi connectivity index (χ1n) is 4.62. The number of aryl methyl sites for hydroxylation is 1. The molecule has 0 aliphatic heterocycles. The first-order chi connectivity index (χ1) is 7.96. The van der Waals surface area contributed by atoms with Crippen molar-refractivity contribution in [1.82, 2.24) is 9.97 Å². The van der Waals surface area contributed by atoms with Gasteiger partial charge in [-0.05, 0) is 6.92 Å². The van der Waals surface area contributed by atoms with Crippen LogP contribution < -0.4 is 11.5 Å². The highest BCUT2D eigenvalue weighted by Crippen LogP contribution is 2.33. The van der Waals surface area contributed by atoms with Crippen LogP contribution in [-0.4, -0.2) is 21.0 Å². The van der Waals surface area contributed by atoms with Crippen LogP contribution in [0.1, 0.15) is 15.6 Å². The number of aliphatic carboxylic acids is 1. The van der Waals surface area contributed by atoms with E-state index < -0.39 is 11.5 Å². The molecule has 2 heterocycles. The lowest BCUT2D eigenvalue weighted by Crippen LogP contribution is -2.46. The number of carboxylic acid groups (broad SMARTS) is 1. The molecular formula is C9H10N4O2S2. The third-order valence-electron chi connectivity index (χ3n) is 2.29. The van der Waals surface area contributed by atoms with Gasteiger partial charge in [0.05, 0.1) is 5.69 Å². The topological polar surface area (TPSA) is 115 Å². The second-order valence-corrected chi connectivity index (χ2v) is 5.54. The van der Waals surface area contributed by atoms with E-state index in [0.29, 0.717) is 15.0 Å². The van der Waals surface area contributed by atoms with Crippen LogP contribution in [0.2, 0.25) is 0 Å². The maximum absolute atomic E-state index is 11.4. The lowest BCUT2D eigenvalue weighted by atomic mass is 9.97. The van der Waals surface area contributed by atoms with Crippen molar-refractivity contribution in [3.05, 3.63) is 27.2 Å². The van der Waals surface area contributed by atoms with E-state index in [9.17, 15) is 9.90 Å². The molecular weight excluding hydrogens is 260 g/mol. The van der Waals surface area contributed by atoms with Crippen molar-refractivity contribution in [1.29, 1.82) is 0 Å². The van der Waals surface area contributed by atoms with E-state index in [2.05, 4.69) is 9.97 Å². The highest BCUT2D eigenvalue weighted by Gasteiger charge is 2.44. The van der Waals surface area contributed by atoms with Gasteiger partial charge in [0.25, 0.3) is 0 Å². The Balaban J connectivity index is 2.64. The monoisotopic (exact) mass is 270 g/mol. The molecule has 0 saturated heterocycles. The van der Waals surface area contributed by atoms with E-state index in [4.69, 9.17) is 11.5 Å². The molecule has 1 atom stereocenters. The smallest absolute Gasteiger partial charge is 0.337 e. The Labute approximate surface area is 105 Å². The van der Waals surface area contributed by atoms with Gasteiger partial charge in [0.2, 0.25) is 5.54 Å². The van der Waals surface area contributed by atoms with Crippen LogP contribution in [0.25, 0.3) is 0 Å². The Morgan fingerprint density at radius 1 is 1.59 bits per heavy atom. The van der Waals surface area contributed by atoms with Gasteiger partial charge in [0.1, 0.15) is 5.01 Å². The highest BCUT2D eigenvalue weighted by molar-refractivity contribution is 7.15. The Bertz CT molecular complexity index is 551. The number of aromatic nitrogens is 2. The van der Waals surface area contributed by atoms with Gasteiger partial charge in [0.15, 0.2) is 5.13 Å². The summed E-state index contributed by atoms with van der Waals surface area (Å²) in [6.07, 6.45) is 1.51. The molecule has 0 aliphatic carbocycles. The van der Waals surface area contributed by atoms with Crippen LogP contribution in [0, 0.1) is 6.92 Å². The van der Waals surface area contributed by atoms with Gasteiger partial charge < -0.3 is 16.6 Å². The third kappa shape index (κ3) is 1.79. The predicted octanol–water partition coefficient (Wildman–Crippen LogP) is 0.777. The molecule has 2 aromatic heterocycles. The summed E-state index contributed by atoms with van der Waals surface area (Å²) in [6.45, 7) is 1.74. The fraction of sp³-hybridized carbons (Fsp3) is 0.222. The van der Waals surface area contributed by atoms with Crippen LogP contribution in [0.5, 0.6) is 0 Å². The van der Waals surface area contributed by atoms with Gasteiger partial charge in [-0.3, -0.25) is 0 Å². The third-order valence-corrected chi connectivity index (χ3v) is 4.00. The van der Waals surface area contributed by atoms with Crippen molar-refractivity contribution in [3.63, 3.8) is 0 Å². The van der Waals surface area contributed by atoms with Crippen LogP contribution in [0.4, 0.5) is 5.13 Å². The summed E-state index contributed by atoms with van der Waals surface area (Å²) < 4.78 is 0. The van der Waals surface area contributed by atoms with Crippen LogP contribution >= 0.6 is 22.7 Å². The van der Waals surface area contributed by atoms with E-state index in [0.717, 1.165) is 0 Å². The number of rotatable bonds is 3. The molecule has 2 aromatic rings. The minimum Gasteiger partial charge on any atom is -0.479 e. The average molecular weight is 270 g/mol. The first kappa shape index (κ1) is 12.0. The van der Waals surface area contributed by atoms with Crippen LogP contribution in [0.15, 0.2) is 11.6 Å². The second kappa shape index (κ2) is 4.06. The van der Waals surface area contributed by atoms with E-state index in [1.807, 2.05) is 0 Å². The summed E-state index contributed by atoms with van der Waals surface area (Å²) in [4.78, 5) is 20.1. The molecule has 90 valence electrons. The van der Waals surface area contributed by atoms with Crippen molar-refractivity contribution in [2.45, 2.75) is 12.5 Å². The van der Waals surface area contributed by atoms with Crippen molar-refractivity contribution < 1.29 is 9.90 Å². The largest absolute Gasteiger partial charge is 0.479 e. The standard InChI is InChI=1S/C9H10N4O2S2/c1-4-5(13-8(10)17-4)9(11,7(14)15)6-12-2-3-16-6/h2-3H,11H2,1H3,(H2,10,13)(H,14,15). The van der Waals surface area contributed by atoms with E-state index in [1.165, 1.54) is 28.9 Å². The van der Waals surface area contributed by atoms with Crippen molar-refractivity contribution >= 4 is 33.8 Å². The molecule has 2 rings (SSSR count). The molecule has 6 nitrogen and oxygen atoms in total. The maximum Gasteiger partial charge on any atom is 0.337 e. The van der Waals surface area contributed by atoms with Crippen LogP contribution in [-0.2, 0) is 10.3 Å². The Morgan fingerprint density at radius 2 is 2.29 bits per heavy atom. The maximum atomic E-state index is 11.4. The molecule has 0 bridgehead atoms. The van der Waals surface area contributed by atoms with Crippen LogP contribution in [0.3, 0.4) is 0 Å². The van der Waals surface area contributed by atoms with Crippen molar-refractivity contribution in [2.24, 2.45) is 5.73 Å². The lowest BCUT2D eigenvalue weighted by Gasteiger charge is -2.20. The molecule has 0 saturated carbocycles. The molecule has 0 amide bonds. The molecule has 1 unspecified atom stereocenters. The normalized spacial score (nSPS) is 14.5. The summed E-state index contributed by atoms with van der Waals surface area (Å²) in [5.74, 6) is -1.19. The molecule has 0 aliphatic rings. The van der Waals surface area contributed by atoms with E-state index in [1.54, 1.807) is 12.3 Å². The molecule has 0 spiro atoms. The first-order valence-corrected chi connectivity index (χ1v) is 6.31. The summed E-state index contributed by atoms with van der Waals surface area (Å²) in [7, 11) is 0. The van der Waals surface area contributed by atoms with Gasteiger partial charge in [0, 0.05) is 16.5 Å². The van der Waals surface area contributed by atoms with E-state index in [-0.39, 0.29) is 5.69 Å². The SMILES string of the molecule is Cc1sc(N)nc1C(N)(C(=O)O)c1nccs1. The number of carbonyl (C=O) groups is 1. The average Bonchev–Trinajstić information content (AvgIpc) is 2.86. The molecule has 5 N–H and O–H groups in total. The number of anilines is 1. The summed E-state index contributed by atoms with van der Waals surface area (Å²) in [5.41, 5.74) is 10.1. The van der Waals surface area contributed by atoms with Gasteiger partial charge in [-0.15, -0.1) is 22.7 Å². The lowest BCUT2D eigenvalue weighted by molar-refractivity contribution is -0.142. The number of nitrogens with two attached hydrogens (primary N) is 2. The van der Waals surface area contributed by atoms with Gasteiger partial charge >= 0.3 is 5.97 Å². The highest BCUT2D eigenvalue weighted by atomic mass is 32.1. The number of hydrogen-bond acceptors (Lipinski definition) is 7. The summed E-state index contributed by atoms with van der Waals surface area (Å²) in [6, 6.07) is 0. The summed E-state index contributed by atoms with van der Waals surface area (Å²) in [5, 5.41) is 11.6.